The molecule has 0 radical (unpaired) electrons. The number of alkyl halides is 2. The third kappa shape index (κ3) is 6.16. The zero-order valence-corrected chi connectivity index (χ0v) is 14.5. The van der Waals surface area contributed by atoms with Gasteiger partial charge >= 0.3 is 6.61 Å². The number of anilines is 1. The minimum atomic E-state index is -2.90. The molecule has 0 saturated heterocycles. The highest BCUT2D eigenvalue weighted by Gasteiger charge is 2.17. The zero-order valence-electron chi connectivity index (χ0n) is 14.5. The van der Waals surface area contributed by atoms with Crippen LogP contribution in [0.4, 0.5) is 14.5 Å². The first-order chi connectivity index (χ1) is 12.3. The predicted molar refractivity (Wildman–Crippen MR) is 94.1 cm³/mol. The van der Waals surface area contributed by atoms with Crippen molar-refractivity contribution in [2.75, 3.05) is 5.32 Å². The fourth-order valence-electron chi connectivity index (χ4n) is 2.41. The van der Waals surface area contributed by atoms with Gasteiger partial charge in [0.1, 0.15) is 5.75 Å². The van der Waals surface area contributed by atoms with E-state index in [4.69, 9.17) is 0 Å². The smallest absolute Gasteiger partial charge is 0.387 e. The summed E-state index contributed by atoms with van der Waals surface area (Å²) in [5.41, 5.74) is 2.34. The van der Waals surface area contributed by atoms with E-state index in [0.29, 0.717) is 5.69 Å². The summed E-state index contributed by atoms with van der Waals surface area (Å²) >= 11 is 0. The van der Waals surface area contributed by atoms with Crippen LogP contribution in [0.3, 0.4) is 0 Å². The number of carbonyl (C=O) groups is 2. The maximum absolute atomic E-state index is 12.3. The van der Waals surface area contributed by atoms with Gasteiger partial charge in [0, 0.05) is 12.6 Å². The van der Waals surface area contributed by atoms with Gasteiger partial charge in [-0.2, -0.15) is 8.78 Å². The molecule has 2 N–H and O–H groups in total. The molecule has 2 amide bonds. The Morgan fingerprint density at radius 2 is 1.65 bits per heavy atom. The second kappa shape index (κ2) is 8.94. The molecule has 2 aromatic rings. The van der Waals surface area contributed by atoms with Crippen LogP contribution in [0.25, 0.3) is 0 Å². The van der Waals surface area contributed by atoms with Gasteiger partial charge in [0.25, 0.3) is 0 Å². The summed E-state index contributed by atoms with van der Waals surface area (Å²) in [6.07, 6.45) is 0.0396. The summed E-state index contributed by atoms with van der Waals surface area (Å²) in [7, 11) is 0. The van der Waals surface area contributed by atoms with E-state index in [9.17, 15) is 18.4 Å². The third-order valence-corrected chi connectivity index (χ3v) is 3.61. The summed E-state index contributed by atoms with van der Waals surface area (Å²) in [6.45, 7) is 0.440. The van der Waals surface area contributed by atoms with Gasteiger partial charge in [0.15, 0.2) is 0 Å². The van der Waals surface area contributed by atoms with E-state index in [1.165, 1.54) is 31.2 Å². The molecule has 0 aliphatic carbocycles. The number of ether oxygens (including phenoxy) is 1. The molecule has 5 nitrogen and oxygen atoms in total. The lowest BCUT2D eigenvalue weighted by Gasteiger charge is -2.18. The molecular formula is C19H20F2N2O3. The van der Waals surface area contributed by atoms with Gasteiger partial charge in [-0.25, -0.2) is 0 Å². The molecule has 0 fully saturated rings. The first-order valence-electron chi connectivity index (χ1n) is 8.02. The number of hydrogen-bond donors (Lipinski definition) is 2. The predicted octanol–water partition coefficient (Wildman–Crippen LogP) is 3.80. The summed E-state index contributed by atoms with van der Waals surface area (Å²) < 4.78 is 28.5. The highest BCUT2D eigenvalue weighted by molar-refractivity contribution is 5.91. The molecule has 0 bridgehead atoms. The summed E-state index contributed by atoms with van der Waals surface area (Å²) in [5.74, 6) is -0.544. The van der Waals surface area contributed by atoms with E-state index in [2.05, 4.69) is 15.4 Å². The number of nitrogens with one attached hydrogen (secondary N) is 2. The molecule has 0 aliphatic rings. The Kier molecular flexibility index (Phi) is 6.66. The summed E-state index contributed by atoms with van der Waals surface area (Å²) in [5, 5.41) is 5.43. The Hall–Kier alpha value is -2.96. The number of carbonyl (C=O) groups excluding carboxylic acids is 2. The van der Waals surface area contributed by atoms with E-state index >= 15 is 0 Å². The maximum Gasteiger partial charge on any atom is 0.387 e. The lowest BCUT2D eigenvalue weighted by Crippen LogP contribution is -2.29. The summed E-state index contributed by atoms with van der Waals surface area (Å²) in [6, 6.07) is 12.7. The number of hydrogen-bond acceptors (Lipinski definition) is 3. The van der Waals surface area contributed by atoms with Gasteiger partial charge in [-0.3, -0.25) is 9.59 Å². The van der Waals surface area contributed by atoms with Crippen LogP contribution in [0.2, 0.25) is 0 Å². The fourth-order valence-corrected chi connectivity index (χ4v) is 2.41. The van der Waals surface area contributed by atoms with Crippen molar-refractivity contribution in [3.63, 3.8) is 0 Å². The van der Waals surface area contributed by atoms with Gasteiger partial charge in [-0.05, 0) is 36.8 Å². The van der Waals surface area contributed by atoms with E-state index in [1.54, 1.807) is 0 Å². The molecule has 2 aromatic carbocycles. The van der Waals surface area contributed by atoms with Crippen LogP contribution in [0, 0.1) is 6.92 Å². The van der Waals surface area contributed by atoms with Crippen LogP contribution in [-0.4, -0.2) is 18.4 Å². The minimum Gasteiger partial charge on any atom is -0.435 e. The quantitative estimate of drug-likeness (QED) is 0.787. The largest absolute Gasteiger partial charge is 0.435 e. The maximum atomic E-state index is 12.3. The number of amides is 2. The Bertz CT molecular complexity index is 746. The number of halogens is 2. The van der Waals surface area contributed by atoms with Gasteiger partial charge in [-0.1, -0.05) is 29.8 Å². The molecule has 0 spiro atoms. The van der Waals surface area contributed by atoms with Crippen molar-refractivity contribution in [3.05, 3.63) is 59.7 Å². The topological polar surface area (TPSA) is 67.4 Å². The Morgan fingerprint density at radius 1 is 1.04 bits per heavy atom. The van der Waals surface area contributed by atoms with Crippen LogP contribution in [-0.2, 0) is 9.59 Å². The number of aryl methyl sites for hydroxylation is 1. The average molecular weight is 362 g/mol. The minimum absolute atomic E-state index is 0.00813. The SMILES string of the molecule is CC(=O)NC(CC(=O)Nc1ccc(OC(F)F)cc1)c1ccc(C)cc1. The molecule has 1 atom stereocenters. The molecule has 138 valence electrons. The second-order valence-electron chi connectivity index (χ2n) is 5.82. The highest BCUT2D eigenvalue weighted by atomic mass is 19.3. The molecular weight excluding hydrogens is 342 g/mol. The molecule has 1 unspecified atom stereocenters. The summed E-state index contributed by atoms with van der Waals surface area (Å²) in [4.78, 5) is 23.7. The Balaban J connectivity index is 2.02. The van der Waals surface area contributed by atoms with Crippen molar-refractivity contribution in [2.45, 2.75) is 32.9 Å². The standard InChI is InChI=1S/C19H20F2N2O3/c1-12-3-5-14(6-4-12)17(22-13(2)24)11-18(25)23-15-7-9-16(10-8-15)26-19(20)21/h3-10,17,19H,11H2,1-2H3,(H,22,24)(H,23,25). The van der Waals surface area contributed by atoms with Crippen LogP contribution in [0.15, 0.2) is 48.5 Å². The monoisotopic (exact) mass is 362 g/mol. The van der Waals surface area contributed by atoms with E-state index in [0.717, 1.165) is 11.1 Å². The molecule has 0 saturated carbocycles. The Morgan fingerprint density at radius 3 is 2.19 bits per heavy atom. The molecule has 26 heavy (non-hydrogen) atoms. The van der Waals surface area contributed by atoms with Crippen LogP contribution < -0.4 is 15.4 Å². The lowest BCUT2D eigenvalue weighted by atomic mass is 10.0. The van der Waals surface area contributed by atoms with Crippen molar-refractivity contribution < 1.29 is 23.1 Å². The van der Waals surface area contributed by atoms with E-state index in [1.807, 2.05) is 31.2 Å². The Labute approximate surface area is 150 Å². The first-order valence-corrected chi connectivity index (χ1v) is 8.02. The number of rotatable bonds is 7. The van der Waals surface area contributed by atoms with Crippen molar-refractivity contribution in [2.24, 2.45) is 0 Å². The van der Waals surface area contributed by atoms with Crippen molar-refractivity contribution >= 4 is 17.5 Å². The third-order valence-electron chi connectivity index (χ3n) is 3.61. The van der Waals surface area contributed by atoms with Gasteiger partial charge in [-0.15, -0.1) is 0 Å². The van der Waals surface area contributed by atoms with E-state index < -0.39 is 12.7 Å². The van der Waals surface area contributed by atoms with Crippen LogP contribution in [0.1, 0.15) is 30.5 Å². The lowest BCUT2D eigenvalue weighted by molar-refractivity contribution is -0.120. The van der Waals surface area contributed by atoms with Crippen LogP contribution >= 0.6 is 0 Å². The molecule has 7 heteroatoms. The molecule has 0 aromatic heterocycles. The first kappa shape index (κ1) is 19.4. The van der Waals surface area contributed by atoms with Crippen molar-refractivity contribution in [1.82, 2.24) is 5.32 Å². The molecule has 2 rings (SSSR count). The van der Waals surface area contributed by atoms with E-state index in [-0.39, 0.29) is 24.0 Å². The highest BCUT2D eigenvalue weighted by Crippen LogP contribution is 2.21. The average Bonchev–Trinajstić information content (AvgIpc) is 2.56. The van der Waals surface area contributed by atoms with Crippen molar-refractivity contribution in [3.8, 4) is 5.75 Å². The van der Waals surface area contributed by atoms with Gasteiger partial charge in [0.05, 0.1) is 12.5 Å². The number of benzene rings is 2. The van der Waals surface area contributed by atoms with Gasteiger partial charge in [0.2, 0.25) is 11.8 Å². The normalized spacial score (nSPS) is 11.7. The van der Waals surface area contributed by atoms with Gasteiger partial charge < -0.3 is 15.4 Å². The van der Waals surface area contributed by atoms with Crippen LogP contribution in [0.5, 0.6) is 5.75 Å². The molecule has 0 aliphatic heterocycles. The molecule has 0 heterocycles. The second-order valence-corrected chi connectivity index (χ2v) is 5.82. The van der Waals surface area contributed by atoms with Crippen molar-refractivity contribution in [1.29, 1.82) is 0 Å². The zero-order chi connectivity index (χ0) is 19.1. The fraction of sp³-hybridized carbons (Fsp3) is 0.263.